The molecular formula is C13H11ClN4O3. The summed E-state index contributed by atoms with van der Waals surface area (Å²) in [7, 11) is 0. The number of aromatic nitrogens is 1. The van der Waals surface area contributed by atoms with Crippen LogP contribution in [0.2, 0.25) is 5.02 Å². The zero-order valence-corrected chi connectivity index (χ0v) is 11.7. The van der Waals surface area contributed by atoms with Gasteiger partial charge in [0.1, 0.15) is 5.82 Å². The van der Waals surface area contributed by atoms with Crippen molar-refractivity contribution in [3.63, 3.8) is 0 Å². The van der Waals surface area contributed by atoms with Crippen LogP contribution in [-0.4, -0.2) is 15.8 Å². The maximum atomic E-state index is 12.1. The van der Waals surface area contributed by atoms with E-state index in [4.69, 9.17) is 17.3 Å². The number of pyridine rings is 1. The highest BCUT2D eigenvalue weighted by Gasteiger charge is 2.19. The molecule has 0 aliphatic heterocycles. The molecule has 2 rings (SSSR count). The van der Waals surface area contributed by atoms with Gasteiger partial charge in [0.2, 0.25) is 0 Å². The number of nitro groups is 1. The highest BCUT2D eigenvalue weighted by atomic mass is 35.5. The number of rotatable bonds is 3. The van der Waals surface area contributed by atoms with Gasteiger partial charge in [-0.25, -0.2) is 4.98 Å². The van der Waals surface area contributed by atoms with Crippen LogP contribution >= 0.6 is 11.6 Å². The molecule has 0 atom stereocenters. The fourth-order valence-electron chi connectivity index (χ4n) is 1.62. The van der Waals surface area contributed by atoms with Crippen molar-refractivity contribution < 1.29 is 9.72 Å². The number of nitrogen functional groups attached to an aromatic ring is 1. The molecule has 1 amide bonds. The molecule has 7 nitrogen and oxygen atoms in total. The normalized spacial score (nSPS) is 10.2. The van der Waals surface area contributed by atoms with Gasteiger partial charge in [-0.1, -0.05) is 17.7 Å². The number of benzene rings is 1. The molecule has 21 heavy (non-hydrogen) atoms. The number of nitrogens with one attached hydrogen (secondary N) is 1. The van der Waals surface area contributed by atoms with Crippen LogP contribution in [-0.2, 0) is 0 Å². The van der Waals surface area contributed by atoms with E-state index in [2.05, 4.69) is 10.3 Å². The number of carbonyl (C=O) groups is 1. The molecule has 0 fully saturated rings. The van der Waals surface area contributed by atoms with Crippen molar-refractivity contribution in [3.8, 4) is 0 Å². The van der Waals surface area contributed by atoms with E-state index in [0.29, 0.717) is 5.82 Å². The van der Waals surface area contributed by atoms with E-state index in [1.807, 2.05) is 6.92 Å². The molecule has 8 heteroatoms. The lowest BCUT2D eigenvalue weighted by atomic mass is 10.1. The number of nitro benzene ring substituents is 1. The number of non-ortho nitro benzene ring substituents is 1. The molecular weight excluding hydrogens is 296 g/mol. The van der Waals surface area contributed by atoms with E-state index in [1.165, 1.54) is 0 Å². The molecule has 0 saturated heterocycles. The molecule has 0 radical (unpaired) electrons. The van der Waals surface area contributed by atoms with Crippen LogP contribution in [0.5, 0.6) is 0 Å². The quantitative estimate of drug-likeness (QED) is 0.514. The van der Waals surface area contributed by atoms with Crippen LogP contribution in [0.15, 0.2) is 30.5 Å². The average molecular weight is 307 g/mol. The van der Waals surface area contributed by atoms with E-state index in [9.17, 15) is 14.9 Å². The summed E-state index contributed by atoms with van der Waals surface area (Å²) in [6.07, 6.45) is 1.58. The number of nitrogens with two attached hydrogens (primary N) is 1. The Labute approximate surface area is 124 Å². The summed E-state index contributed by atoms with van der Waals surface area (Å²) in [4.78, 5) is 26.3. The Bertz CT molecular complexity index is 716. The second-order valence-electron chi connectivity index (χ2n) is 4.32. The Morgan fingerprint density at radius 1 is 1.43 bits per heavy atom. The van der Waals surface area contributed by atoms with Crippen LogP contribution in [0.3, 0.4) is 0 Å². The minimum Gasteiger partial charge on any atom is -0.397 e. The summed E-state index contributed by atoms with van der Waals surface area (Å²) in [6.45, 7) is 1.86. The molecule has 1 aromatic heterocycles. The van der Waals surface area contributed by atoms with Crippen molar-refractivity contribution in [1.82, 2.24) is 4.98 Å². The van der Waals surface area contributed by atoms with E-state index in [1.54, 1.807) is 18.3 Å². The summed E-state index contributed by atoms with van der Waals surface area (Å²) >= 11 is 5.81. The van der Waals surface area contributed by atoms with Crippen molar-refractivity contribution in [3.05, 3.63) is 56.7 Å². The van der Waals surface area contributed by atoms with Gasteiger partial charge in [-0.2, -0.15) is 0 Å². The molecule has 1 heterocycles. The second-order valence-corrected chi connectivity index (χ2v) is 4.73. The molecule has 0 unspecified atom stereocenters. The summed E-state index contributed by atoms with van der Waals surface area (Å²) in [5.74, 6) is -0.304. The van der Waals surface area contributed by atoms with Crippen LogP contribution in [0.25, 0.3) is 0 Å². The first kappa shape index (κ1) is 14.7. The predicted octanol–water partition coefficient (Wildman–Crippen LogP) is 2.79. The summed E-state index contributed by atoms with van der Waals surface area (Å²) < 4.78 is 0. The maximum Gasteiger partial charge on any atom is 0.271 e. The van der Waals surface area contributed by atoms with Gasteiger partial charge in [0, 0.05) is 18.3 Å². The molecule has 0 saturated carbocycles. The first-order valence-corrected chi connectivity index (χ1v) is 6.23. The van der Waals surface area contributed by atoms with Crippen LogP contribution in [0, 0.1) is 17.0 Å². The Kier molecular flexibility index (Phi) is 4.04. The molecule has 0 bridgehead atoms. The van der Waals surface area contributed by atoms with Crippen LogP contribution in [0.4, 0.5) is 17.2 Å². The molecule has 0 aliphatic rings. The van der Waals surface area contributed by atoms with Gasteiger partial charge in [-0.15, -0.1) is 0 Å². The first-order chi connectivity index (χ1) is 9.88. The average Bonchev–Trinajstić information content (AvgIpc) is 2.43. The SMILES string of the molecule is Cc1ccc(NC(=O)c2cc([N+](=O)[O-])cc(Cl)c2N)nc1. The number of halogens is 1. The Hall–Kier alpha value is -2.67. The third-order valence-corrected chi connectivity index (χ3v) is 3.04. The van der Waals surface area contributed by atoms with Crippen molar-refractivity contribution >= 4 is 34.7 Å². The highest BCUT2D eigenvalue weighted by molar-refractivity contribution is 6.34. The molecule has 0 spiro atoms. The highest BCUT2D eigenvalue weighted by Crippen LogP contribution is 2.29. The smallest absolute Gasteiger partial charge is 0.271 e. The van der Waals surface area contributed by atoms with Crippen molar-refractivity contribution in [2.75, 3.05) is 11.1 Å². The van der Waals surface area contributed by atoms with Gasteiger partial charge >= 0.3 is 0 Å². The topological polar surface area (TPSA) is 111 Å². The lowest BCUT2D eigenvalue weighted by Crippen LogP contribution is -2.15. The van der Waals surface area contributed by atoms with E-state index in [0.717, 1.165) is 17.7 Å². The number of aryl methyl sites for hydroxylation is 1. The Morgan fingerprint density at radius 2 is 2.14 bits per heavy atom. The molecule has 1 aromatic carbocycles. The van der Waals surface area contributed by atoms with Gasteiger partial charge < -0.3 is 11.1 Å². The number of nitrogens with zero attached hydrogens (tertiary/aromatic N) is 2. The molecule has 3 N–H and O–H groups in total. The summed E-state index contributed by atoms with van der Waals surface area (Å²) in [5, 5.41) is 13.3. The lowest BCUT2D eigenvalue weighted by Gasteiger charge is -2.08. The number of amides is 1. The third-order valence-electron chi connectivity index (χ3n) is 2.72. The van der Waals surface area contributed by atoms with Crippen molar-refractivity contribution in [1.29, 1.82) is 0 Å². The van der Waals surface area contributed by atoms with Gasteiger partial charge in [0.15, 0.2) is 0 Å². The van der Waals surface area contributed by atoms with Crippen molar-refractivity contribution in [2.45, 2.75) is 6.92 Å². The molecule has 2 aromatic rings. The summed E-state index contributed by atoms with van der Waals surface area (Å²) in [5.41, 5.74) is 6.23. The van der Waals surface area contributed by atoms with Gasteiger partial charge in [0.25, 0.3) is 11.6 Å². The van der Waals surface area contributed by atoms with Crippen LogP contribution in [0.1, 0.15) is 15.9 Å². The zero-order chi connectivity index (χ0) is 15.6. The maximum absolute atomic E-state index is 12.1. The fourth-order valence-corrected chi connectivity index (χ4v) is 1.84. The van der Waals surface area contributed by atoms with E-state index >= 15 is 0 Å². The number of hydrogen-bond acceptors (Lipinski definition) is 5. The molecule has 108 valence electrons. The monoisotopic (exact) mass is 306 g/mol. The zero-order valence-electron chi connectivity index (χ0n) is 11.0. The first-order valence-electron chi connectivity index (χ1n) is 5.86. The second kappa shape index (κ2) is 5.76. The summed E-state index contributed by atoms with van der Waals surface area (Å²) in [6, 6.07) is 5.55. The van der Waals surface area contributed by atoms with Gasteiger partial charge in [0.05, 0.1) is 21.2 Å². The van der Waals surface area contributed by atoms with Gasteiger partial charge in [-0.3, -0.25) is 14.9 Å². The largest absolute Gasteiger partial charge is 0.397 e. The van der Waals surface area contributed by atoms with Crippen molar-refractivity contribution in [2.24, 2.45) is 0 Å². The third kappa shape index (κ3) is 3.26. The number of carbonyl (C=O) groups excluding carboxylic acids is 1. The van der Waals surface area contributed by atoms with E-state index < -0.39 is 10.8 Å². The fraction of sp³-hybridized carbons (Fsp3) is 0.0769. The minimum absolute atomic E-state index is 0.0214. The van der Waals surface area contributed by atoms with E-state index in [-0.39, 0.29) is 22.0 Å². The number of anilines is 2. The van der Waals surface area contributed by atoms with Crippen LogP contribution < -0.4 is 11.1 Å². The predicted molar refractivity (Wildman–Crippen MR) is 79.4 cm³/mol. The minimum atomic E-state index is -0.647. The lowest BCUT2D eigenvalue weighted by molar-refractivity contribution is -0.384. The Balaban J connectivity index is 2.34. The Morgan fingerprint density at radius 3 is 2.71 bits per heavy atom. The standard InChI is InChI=1S/C13H11ClN4O3/c1-7-2-3-11(16-6-7)17-13(19)9-4-8(18(20)21)5-10(14)12(9)15/h2-6H,15H2,1H3,(H,16,17,19). The van der Waals surface area contributed by atoms with Gasteiger partial charge in [-0.05, 0) is 18.6 Å². The molecule has 0 aliphatic carbocycles. The number of hydrogen-bond donors (Lipinski definition) is 2.